The summed E-state index contributed by atoms with van der Waals surface area (Å²) in [4.78, 5) is 36.1. The van der Waals surface area contributed by atoms with Gasteiger partial charge in [-0.25, -0.2) is 0 Å². The Bertz CT molecular complexity index is 318. The summed E-state index contributed by atoms with van der Waals surface area (Å²) in [5.41, 5.74) is 10.1. The Kier molecular flexibility index (Phi) is 3.83. The predicted octanol–water partition coefficient (Wildman–Crippen LogP) is -2.51. The average molecular weight is 228 g/mol. The van der Waals surface area contributed by atoms with Gasteiger partial charge in [-0.1, -0.05) is 0 Å². The molecular weight excluding hydrogens is 212 g/mol. The molecule has 7 heteroatoms. The first-order chi connectivity index (χ1) is 7.40. The topological polar surface area (TPSA) is 110 Å². The van der Waals surface area contributed by atoms with Gasteiger partial charge < -0.3 is 16.4 Å². The van der Waals surface area contributed by atoms with Crippen molar-refractivity contribution >= 4 is 17.7 Å². The number of nitrogens with two attached hydrogens (primary N) is 2. The number of primary amides is 2. The quantitative estimate of drug-likeness (QED) is 0.553. The number of hydrogen-bond acceptors (Lipinski definition) is 4. The zero-order valence-electron chi connectivity index (χ0n) is 9.18. The summed E-state index contributed by atoms with van der Waals surface area (Å²) in [7, 11) is 0. The number of carbonyl (C=O) groups excluding carboxylic acids is 3. The second kappa shape index (κ2) is 4.93. The minimum absolute atomic E-state index is 0.00968. The SMILES string of the molecule is C[C@H]1CN(CC(N)=O)C(=O)CN1CC(N)=O. The van der Waals surface area contributed by atoms with Crippen molar-refractivity contribution in [1.29, 1.82) is 0 Å². The van der Waals surface area contributed by atoms with Crippen LogP contribution in [0.25, 0.3) is 0 Å². The third-order valence-electron chi connectivity index (χ3n) is 2.50. The minimum atomic E-state index is -0.538. The van der Waals surface area contributed by atoms with E-state index in [0.29, 0.717) is 6.54 Å². The van der Waals surface area contributed by atoms with Gasteiger partial charge in [0.25, 0.3) is 0 Å². The fraction of sp³-hybridized carbons (Fsp3) is 0.667. The Balaban J connectivity index is 2.59. The normalized spacial score (nSPS) is 22.2. The van der Waals surface area contributed by atoms with E-state index in [9.17, 15) is 14.4 Å². The maximum atomic E-state index is 11.6. The Morgan fingerprint density at radius 3 is 2.38 bits per heavy atom. The van der Waals surface area contributed by atoms with E-state index in [4.69, 9.17) is 11.5 Å². The molecule has 0 bridgehead atoms. The molecule has 0 spiro atoms. The minimum Gasteiger partial charge on any atom is -0.369 e. The molecule has 0 radical (unpaired) electrons. The van der Waals surface area contributed by atoms with Gasteiger partial charge in [0.1, 0.15) is 0 Å². The number of carbonyl (C=O) groups is 3. The smallest absolute Gasteiger partial charge is 0.237 e. The maximum absolute atomic E-state index is 11.6. The molecule has 3 amide bonds. The van der Waals surface area contributed by atoms with Crippen molar-refractivity contribution in [2.75, 3.05) is 26.2 Å². The van der Waals surface area contributed by atoms with E-state index >= 15 is 0 Å². The van der Waals surface area contributed by atoms with Crippen molar-refractivity contribution in [3.05, 3.63) is 0 Å². The van der Waals surface area contributed by atoms with Crippen LogP contribution in [0.3, 0.4) is 0 Å². The van der Waals surface area contributed by atoms with Gasteiger partial charge in [-0.3, -0.25) is 19.3 Å². The number of amides is 3. The molecule has 4 N–H and O–H groups in total. The zero-order chi connectivity index (χ0) is 12.3. The van der Waals surface area contributed by atoms with E-state index in [1.54, 1.807) is 4.90 Å². The molecule has 0 aromatic heterocycles. The Hall–Kier alpha value is -1.63. The van der Waals surface area contributed by atoms with Crippen molar-refractivity contribution in [1.82, 2.24) is 9.80 Å². The first-order valence-electron chi connectivity index (χ1n) is 4.98. The highest BCUT2D eigenvalue weighted by atomic mass is 16.2. The molecule has 1 heterocycles. The van der Waals surface area contributed by atoms with Crippen LogP contribution in [-0.4, -0.2) is 59.7 Å². The molecule has 1 rings (SSSR count). The molecule has 0 saturated carbocycles. The fourth-order valence-electron chi connectivity index (χ4n) is 1.72. The standard InChI is InChI=1S/C9H16N4O3/c1-6-2-13(4-8(11)15)9(16)5-12(6)3-7(10)14/h6H,2-5H2,1H3,(H2,10,14)(H2,11,15)/t6-/m0/s1. The van der Waals surface area contributed by atoms with E-state index < -0.39 is 11.8 Å². The average Bonchev–Trinajstić information content (AvgIpc) is 2.11. The summed E-state index contributed by atoms with van der Waals surface area (Å²) in [6, 6.07) is -0.00968. The highest BCUT2D eigenvalue weighted by Crippen LogP contribution is 2.09. The molecule has 1 saturated heterocycles. The second-order valence-electron chi connectivity index (χ2n) is 3.96. The lowest BCUT2D eigenvalue weighted by Gasteiger charge is -2.38. The highest BCUT2D eigenvalue weighted by molar-refractivity contribution is 5.86. The monoisotopic (exact) mass is 228 g/mol. The van der Waals surface area contributed by atoms with Crippen LogP contribution < -0.4 is 11.5 Å². The molecule has 16 heavy (non-hydrogen) atoms. The molecule has 1 aliphatic heterocycles. The van der Waals surface area contributed by atoms with Crippen molar-refractivity contribution in [2.45, 2.75) is 13.0 Å². The Labute approximate surface area is 93.3 Å². The molecular formula is C9H16N4O3. The predicted molar refractivity (Wildman–Crippen MR) is 56.0 cm³/mol. The third kappa shape index (κ3) is 3.20. The summed E-state index contributed by atoms with van der Waals surface area (Å²) in [5.74, 6) is -1.22. The van der Waals surface area contributed by atoms with Gasteiger partial charge in [-0.15, -0.1) is 0 Å². The van der Waals surface area contributed by atoms with Crippen molar-refractivity contribution in [3.8, 4) is 0 Å². The van der Waals surface area contributed by atoms with Crippen molar-refractivity contribution in [2.24, 2.45) is 11.5 Å². The number of piperazine rings is 1. The molecule has 0 aromatic carbocycles. The summed E-state index contributed by atoms with van der Waals surface area (Å²) in [6.07, 6.45) is 0. The number of rotatable bonds is 4. The largest absolute Gasteiger partial charge is 0.369 e. The Morgan fingerprint density at radius 2 is 1.88 bits per heavy atom. The van der Waals surface area contributed by atoms with E-state index in [1.807, 2.05) is 6.92 Å². The van der Waals surface area contributed by atoms with Crippen molar-refractivity contribution < 1.29 is 14.4 Å². The third-order valence-corrected chi connectivity index (χ3v) is 2.50. The van der Waals surface area contributed by atoms with Gasteiger partial charge in [0.05, 0.1) is 19.6 Å². The van der Waals surface area contributed by atoms with Crippen LogP contribution in [0, 0.1) is 0 Å². The number of hydrogen-bond donors (Lipinski definition) is 2. The maximum Gasteiger partial charge on any atom is 0.237 e. The van der Waals surface area contributed by atoms with Crippen molar-refractivity contribution in [3.63, 3.8) is 0 Å². The lowest BCUT2D eigenvalue weighted by molar-refractivity contribution is -0.142. The first kappa shape index (κ1) is 12.4. The molecule has 7 nitrogen and oxygen atoms in total. The van der Waals surface area contributed by atoms with Crippen LogP contribution in [0.4, 0.5) is 0 Å². The van der Waals surface area contributed by atoms with Crippen LogP contribution >= 0.6 is 0 Å². The van der Waals surface area contributed by atoms with Gasteiger partial charge in [-0.2, -0.15) is 0 Å². The molecule has 0 aromatic rings. The molecule has 0 unspecified atom stereocenters. The van der Waals surface area contributed by atoms with E-state index in [0.717, 1.165) is 0 Å². The van der Waals surface area contributed by atoms with Gasteiger partial charge in [0, 0.05) is 12.6 Å². The van der Waals surface area contributed by atoms with Crippen LogP contribution in [0.15, 0.2) is 0 Å². The summed E-state index contributed by atoms with van der Waals surface area (Å²) in [6.45, 7) is 2.32. The van der Waals surface area contributed by atoms with Crippen LogP contribution in [0.5, 0.6) is 0 Å². The lowest BCUT2D eigenvalue weighted by Crippen LogP contribution is -2.58. The first-order valence-corrected chi connectivity index (χ1v) is 4.98. The molecule has 0 aliphatic carbocycles. The van der Waals surface area contributed by atoms with Crippen LogP contribution in [0.2, 0.25) is 0 Å². The summed E-state index contributed by atoms with van der Waals surface area (Å²) < 4.78 is 0. The fourth-order valence-corrected chi connectivity index (χ4v) is 1.72. The molecule has 90 valence electrons. The lowest BCUT2D eigenvalue weighted by atomic mass is 10.2. The summed E-state index contributed by atoms with van der Waals surface area (Å²) >= 11 is 0. The Morgan fingerprint density at radius 1 is 1.31 bits per heavy atom. The second-order valence-corrected chi connectivity index (χ2v) is 3.96. The van der Waals surface area contributed by atoms with Gasteiger partial charge >= 0.3 is 0 Å². The molecule has 1 atom stereocenters. The van der Waals surface area contributed by atoms with Gasteiger partial charge in [-0.05, 0) is 6.92 Å². The van der Waals surface area contributed by atoms with Gasteiger partial charge in [0.15, 0.2) is 0 Å². The van der Waals surface area contributed by atoms with E-state index in [2.05, 4.69) is 0 Å². The molecule has 1 fully saturated rings. The van der Waals surface area contributed by atoms with Gasteiger partial charge in [0.2, 0.25) is 17.7 Å². The highest BCUT2D eigenvalue weighted by Gasteiger charge is 2.30. The number of nitrogens with zero attached hydrogens (tertiary/aromatic N) is 2. The van der Waals surface area contributed by atoms with Crippen LogP contribution in [-0.2, 0) is 14.4 Å². The van der Waals surface area contributed by atoms with E-state index in [-0.39, 0.29) is 31.6 Å². The summed E-state index contributed by atoms with van der Waals surface area (Å²) in [5, 5.41) is 0. The van der Waals surface area contributed by atoms with E-state index in [1.165, 1.54) is 4.90 Å². The zero-order valence-corrected chi connectivity index (χ0v) is 9.18. The van der Waals surface area contributed by atoms with Crippen LogP contribution in [0.1, 0.15) is 6.92 Å². The molecule has 1 aliphatic rings.